The standard InChI is InChI=1S/C12H10Br2ClNS/c1-16-12(9-5-17-6-11(9)14)8-3-2-7(15)4-10(8)13/h2-6,12,16H,1H3. The van der Waals surface area contributed by atoms with E-state index >= 15 is 0 Å². The molecule has 0 radical (unpaired) electrons. The highest BCUT2D eigenvalue weighted by atomic mass is 79.9. The molecule has 90 valence electrons. The maximum Gasteiger partial charge on any atom is 0.0604 e. The Morgan fingerprint density at radius 3 is 2.47 bits per heavy atom. The van der Waals surface area contributed by atoms with Gasteiger partial charge < -0.3 is 5.32 Å². The van der Waals surface area contributed by atoms with Gasteiger partial charge in [-0.2, -0.15) is 11.3 Å². The Morgan fingerprint density at radius 1 is 1.18 bits per heavy atom. The van der Waals surface area contributed by atoms with E-state index < -0.39 is 0 Å². The Morgan fingerprint density at radius 2 is 1.94 bits per heavy atom. The summed E-state index contributed by atoms with van der Waals surface area (Å²) in [7, 11) is 1.95. The lowest BCUT2D eigenvalue weighted by Gasteiger charge is -2.18. The first-order valence-corrected chi connectivity index (χ1v) is 7.88. The minimum atomic E-state index is 0.155. The zero-order valence-corrected chi connectivity index (χ0v) is 13.8. The Labute approximate surface area is 126 Å². The second kappa shape index (κ2) is 5.85. The molecule has 1 N–H and O–H groups in total. The van der Waals surface area contributed by atoms with Gasteiger partial charge in [-0.25, -0.2) is 0 Å². The molecule has 0 saturated heterocycles. The number of benzene rings is 1. The molecule has 2 rings (SSSR count). The molecule has 0 spiro atoms. The number of halogens is 3. The molecule has 1 atom stereocenters. The predicted octanol–water partition coefficient (Wildman–Crippen LogP) is 5.24. The van der Waals surface area contributed by atoms with E-state index in [1.165, 1.54) is 11.1 Å². The lowest BCUT2D eigenvalue weighted by molar-refractivity contribution is 0.689. The second-order valence-corrected chi connectivity index (χ2v) is 6.45. The first kappa shape index (κ1) is 13.6. The molecular formula is C12H10Br2ClNS. The molecule has 1 nitrogen and oxygen atoms in total. The Kier molecular flexibility index (Phi) is 4.66. The van der Waals surface area contributed by atoms with Gasteiger partial charge in [0.05, 0.1) is 6.04 Å². The summed E-state index contributed by atoms with van der Waals surface area (Å²) in [6.07, 6.45) is 0. The number of rotatable bonds is 3. The van der Waals surface area contributed by atoms with Gasteiger partial charge in [-0.3, -0.25) is 0 Å². The highest BCUT2D eigenvalue weighted by Gasteiger charge is 2.18. The molecule has 0 aliphatic rings. The quantitative estimate of drug-likeness (QED) is 0.750. The first-order chi connectivity index (χ1) is 8.13. The van der Waals surface area contributed by atoms with Gasteiger partial charge in [0.2, 0.25) is 0 Å². The van der Waals surface area contributed by atoms with Gasteiger partial charge in [-0.15, -0.1) is 0 Å². The van der Waals surface area contributed by atoms with Crippen molar-refractivity contribution in [1.29, 1.82) is 0 Å². The summed E-state index contributed by atoms with van der Waals surface area (Å²) in [5, 5.41) is 8.29. The van der Waals surface area contributed by atoms with Crippen LogP contribution in [0.25, 0.3) is 0 Å². The zero-order chi connectivity index (χ0) is 12.4. The van der Waals surface area contributed by atoms with Crippen molar-refractivity contribution in [2.24, 2.45) is 0 Å². The van der Waals surface area contributed by atoms with Crippen LogP contribution >= 0.6 is 54.8 Å². The van der Waals surface area contributed by atoms with Crippen LogP contribution in [0.3, 0.4) is 0 Å². The van der Waals surface area contributed by atoms with Gasteiger partial charge in [0.1, 0.15) is 0 Å². The molecule has 0 aliphatic carbocycles. The van der Waals surface area contributed by atoms with Crippen LogP contribution in [0.4, 0.5) is 0 Å². The normalized spacial score (nSPS) is 12.7. The molecule has 0 bridgehead atoms. The van der Waals surface area contributed by atoms with Crippen LogP contribution in [0, 0.1) is 0 Å². The summed E-state index contributed by atoms with van der Waals surface area (Å²) in [5.41, 5.74) is 2.41. The van der Waals surface area contributed by atoms with Crippen molar-refractivity contribution in [2.45, 2.75) is 6.04 Å². The van der Waals surface area contributed by atoms with Gasteiger partial charge in [0, 0.05) is 19.3 Å². The van der Waals surface area contributed by atoms with Crippen LogP contribution in [0.5, 0.6) is 0 Å². The Bertz CT molecular complexity index is 527. The third kappa shape index (κ3) is 2.93. The molecule has 0 aliphatic heterocycles. The van der Waals surface area contributed by atoms with Gasteiger partial charge >= 0.3 is 0 Å². The molecular weight excluding hydrogens is 385 g/mol. The number of thiophene rings is 1. The lowest BCUT2D eigenvalue weighted by atomic mass is 10.0. The SMILES string of the molecule is CNC(c1ccc(Cl)cc1Br)c1cscc1Br. The molecule has 1 aromatic carbocycles. The summed E-state index contributed by atoms with van der Waals surface area (Å²) in [6.45, 7) is 0. The molecule has 5 heteroatoms. The highest BCUT2D eigenvalue weighted by Crippen LogP contribution is 2.35. The molecule has 17 heavy (non-hydrogen) atoms. The molecule has 1 heterocycles. The van der Waals surface area contributed by atoms with Crippen molar-refractivity contribution in [3.8, 4) is 0 Å². The fourth-order valence-corrected chi connectivity index (χ4v) is 4.17. The van der Waals surface area contributed by atoms with E-state index in [0.29, 0.717) is 0 Å². The van der Waals surface area contributed by atoms with Crippen molar-refractivity contribution < 1.29 is 0 Å². The average molecular weight is 396 g/mol. The minimum Gasteiger partial charge on any atom is -0.309 e. The minimum absolute atomic E-state index is 0.155. The Balaban J connectivity index is 2.46. The van der Waals surface area contributed by atoms with E-state index in [0.717, 1.165) is 14.0 Å². The lowest BCUT2D eigenvalue weighted by Crippen LogP contribution is -2.17. The van der Waals surface area contributed by atoms with Crippen LogP contribution in [0.2, 0.25) is 5.02 Å². The molecule has 0 saturated carbocycles. The summed E-state index contributed by atoms with van der Waals surface area (Å²) in [4.78, 5) is 0. The highest BCUT2D eigenvalue weighted by molar-refractivity contribution is 9.10. The number of hydrogen-bond donors (Lipinski definition) is 1. The van der Waals surface area contributed by atoms with Crippen LogP contribution in [-0.2, 0) is 0 Å². The maximum absolute atomic E-state index is 5.96. The third-order valence-corrected chi connectivity index (χ3v) is 5.19. The summed E-state index contributed by atoms with van der Waals surface area (Å²) < 4.78 is 2.14. The van der Waals surface area contributed by atoms with E-state index in [9.17, 15) is 0 Å². The summed E-state index contributed by atoms with van der Waals surface area (Å²) >= 11 is 14.8. The fraction of sp³-hybridized carbons (Fsp3) is 0.167. The summed E-state index contributed by atoms with van der Waals surface area (Å²) in [6, 6.07) is 6.02. The molecule has 0 amide bonds. The largest absolute Gasteiger partial charge is 0.309 e. The molecule has 0 fully saturated rings. The van der Waals surface area contributed by atoms with Gasteiger partial charge in [0.25, 0.3) is 0 Å². The van der Waals surface area contributed by atoms with Crippen molar-refractivity contribution in [2.75, 3.05) is 7.05 Å². The monoisotopic (exact) mass is 393 g/mol. The van der Waals surface area contributed by atoms with E-state index in [1.807, 2.05) is 25.2 Å². The first-order valence-electron chi connectivity index (χ1n) is 4.97. The molecule has 2 aromatic rings. The van der Waals surface area contributed by atoms with Crippen molar-refractivity contribution in [3.63, 3.8) is 0 Å². The van der Waals surface area contributed by atoms with Crippen molar-refractivity contribution in [1.82, 2.24) is 5.32 Å². The van der Waals surface area contributed by atoms with Crippen molar-refractivity contribution >= 4 is 54.8 Å². The maximum atomic E-state index is 5.96. The molecule has 1 unspecified atom stereocenters. The second-order valence-electron chi connectivity index (χ2n) is 3.56. The van der Waals surface area contributed by atoms with Crippen LogP contribution in [-0.4, -0.2) is 7.05 Å². The van der Waals surface area contributed by atoms with Crippen LogP contribution in [0.1, 0.15) is 17.2 Å². The topological polar surface area (TPSA) is 12.0 Å². The van der Waals surface area contributed by atoms with Gasteiger partial charge in [0.15, 0.2) is 0 Å². The zero-order valence-electron chi connectivity index (χ0n) is 9.01. The number of nitrogens with one attached hydrogen (secondary N) is 1. The predicted molar refractivity (Wildman–Crippen MR) is 82.1 cm³/mol. The van der Waals surface area contributed by atoms with Crippen LogP contribution in [0.15, 0.2) is 37.9 Å². The third-order valence-electron chi connectivity index (χ3n) is 2.52. The number of hydrogen-bond acceptors (Lipinski definition) is 2. The average Bonchev–Trinajstić information content (AvgIpc) is 2.69. The van der Waals surface area contributed by atoms with E-state index in [-0.39, 0.29) is 6.04 Å². The van der Waals surface area contributed by atoms with E-state index in [1.54, 1.807) is 11.3 Å². The van der Waals surface area contributed by atoms with Gasteiger partial charge in [-0.1, -0.05) is 33.6 Å². The van der Waals surface area contributed by atoms with E-state index in [2.05, 4.69) is 47.9 Å². The van der Waals surface area contributed by atoms with Crippen molar-refractivity contribution in [3.05, 3.63) is 54.1 Å². The smallest absolute Gasteiger partial charge is 0.0604 e. The summed E-state index contributed by atoms with van der Waals surface area (Å²) in [5.74, 6) is 0. The van der Waals surface area contributed by atoms with Gasteiger partial charge in [-0.05, 0) is 51.6 Å². The molecule has 1 aromatic heterocycles. The fourth-order valence-electron chi connectivity index (χ4n) is 1.71. The Hall–Kier alpha value is 0.130. The van der Waals surface area contributed by atoms with Crippen LogP contribution < -0.4 is 5.32 Å². The van der Waals surface area contributed by atoms with E-state index in [4.69, 9.17) is 11.6 Å².